The molecule has 0 aliphatic carbocycles. The molecule has 0 saturated carbocycles. The van der Waals surface area contributed by atoms with Crippen molar-refractivity contribution in [2.45, 2.75) is 13.3 Å². The van der Waals surface area contributed by atoms with Crippen molar-refractivity contribution in [3.63, 3.8) is 0 Å². The van der Waals surface area contributed by atoms with Crippen molar-refractivity contribution in [1.82, 2.24) is 0 Å². The van der Waals surface area contributed by atoms with Crippen LogP contribution in [0.5, 0.6) is 0 Å². The van der Waals surface area contributed by atoms with Crippen LogP contribution in [0, 0.1) is 5.92 Å². The maximum atomic E-state index is 11.0. The fourth-order valence-electron chi connectivity index (χ4n) is 1.25. The number of esters is 1. The Bertz CT molecular complexity index is 328. The van der Waals surface area contributed by atoms with E-state index in [9.17, 15) is 4.79 Å². The summed E-state index contributed by atoms with van der Waals surface area (Å²) in [7, 11) is 1.41. The second kappa shape index (κ2) is 6.02. The molecule has 1 rings (SSSR count). The van der Waals surface area contributed by atoms with Gasteiger partial charge in [0.2, 0.25) is 0 Å². The minimum Gasteiger partial charge on any atom is -0.469 e. The fourth-order valence-corrected chi connectivity index (χ4v) is 1.25. The monoisotopic (exact) mass is 204 g/mol. The van der Waals surface area contributed by atoms with Crippen molar-refractivity contribution in [3.8, 4) is 0 Å². The Kier molecular flexibility index (Phi) is 4.61. The number of rotatable bonds is 4. The lowest BCUT2D eigenvalue weighted by Crippen LogP contribution is -2.04. The highest BCUT2D eigenvalue weighted by atomic mass is 16.5. The SMILES string of the molecule is COC(=O)C[C@@H](C)/C=C/c1ccccc1. The van der Waals surface area contributed by atoms with Crippen LogP contribution in [0.3, 0.4) is 0 Å². The van der Waals surface area contributed by atoms with Gasteiger partial charge in [-0.15, -0.1) is 0 Å². The van der Waals surface area contributed by atoms with Gasteiger partial charge >= 0.3 is 5.97 Å². The Morgan fingerprint density at radius 3 is 2.67 bits per heavy atom. The molecule has 0 heterocycles. The van der Waals surface area contributed by atoms with E-state index in [2.05, 4.69) is 4.74 Å². The van der Waals surface area contributed by atoms with Gasteiger partial charge in [0.05, 0.1) is 13.5 Å². The van der Waals surface area contributed by atoms with Crippen LogP contribution in [0.2, 0.25) is 0 Å². The number of carbonyl (C=O) groups is 1. The van der Waals surface area contributed by atoms with Crippen LogP contribution in [0.15, 0.2) is 36.4 Å². The minimum atomic E-state index is -0.166. The quantitative estimate of drug-likeness (QED) is 0.705. The molecule has 0 bridgehead atoms. The topological polar surface area (TPSA) is 26.3 Å². The van der Waals surface area contributed by atoms with Crippen molar-refractivity contribution < 1.29 is 9.53 Å². The molecule has 80 valence electrons. The molecule has 0 spiro atoms. The molecule has 0 N–H and O–H groups in total. The second-order valence-corrected chi connectivity index (χ2v) is 3.53. The van der Waals surface area contributed by atoms with E-state index in [1.54, 1.807) is 0 Å². The van der Waals surface area contributed by atoms with Crippen LogP contribution >= 0.6 is 0 Å². The van der Waals surface area contributed by atoms with E-state index >= 15 is 0 Å². The number of hydrogen-bond donors (Lipinski definition) is 0. The maximum Gasteiger partial charge on any atom is 0.306 e. The normalized spacial score (nSPS) is 12.7. The molecule has 2 heteroatoms. The van der Waals surface area contributed by atoms with Crippen LogP contribution in [0.1, 0.15) is 18.9 Å². The van der Waals surface area contributed by atoms with Crippen LogP contribution in [-0.2, 0) is 9.53 Å². The van der Waals surface area contributed by atoms with E-state index in [1.807, 2.05) is 49.4 Å². The average molecular weight is 204 g/mol. The molecular weight excluding hydrogens is 188 g/mol. The molecule has 1 aromatic carbocycles. The highest BCUT2D eigenvalue weighted by Gasteiger charge is 2.04. The molecule has 0 fully saturated rings. The van der Waals surface area contributed by atoms with Crippen molar-refractivity contribution in [2.75, 3.05) is 7.11 Å². The van der Waals surface area contributed by atoms with Crippen LogP contribution in [-0.4, -0.2) is 13.1 Å². The minimum absolute atomic E-state index is 0.166. The summed E-state index contributed by atoms with van der Waals surface area (Å²) >= 11 is 0. The number of hydrogen-bond acceptors (Lipinski definition) is 2. The molecule has 0 saturated heterocycles. The summed E-state index contributed by atoms with van der Waals surface area (Å²) in [5.74, 6) is 0.0397. The predicted octanol–water partition coefficient (Wildman–Crippen LogP) is 2.90. The Morgan fingerprint density at radius 1 is 1.40 bits per heavy atom. The molecular formula is C13H16O2. The van der Waals surface area contributed by atoms with Gasteiger partial charge in [-0.25, -0.2) is 0 Å². The first kappa shape index (κ1) is 11.5. The zero-order valence-corrected chi connectivity index (χ0v) is 9.14. The number of allylic oxidation sites excluding steroid dienone is 1. The molecule has 1 aromatic rings. The summed E-state index contributed by atoms with van der Waals surface area (Å²) in [6, 6.07) is 10.0. The molecule has 1 atom stereocenters. The van der Waals surface area contributed by atoms with Crippen molar-refractivity contribution in [2.24, 2.45) is 5.92 Å². The largest absolute Gasteiger partial charge is 0.469 e. The van der Waals surface area contributed by atoms with Crippen LogP contribution in [0.25, 0.3) is 6.08 Å². The third-order valence-electron chi connectivity index (χ3n) is 2.13. The van der Waals surface area contributed by atoms with Gasteiger partial charge in [0.25, 0.3) is 0 Å². The van der Waals surface area contributed by atoms with E-state index in [0.717, 1.165) is 5.56 Å². The zero-order valence-electron chi connectivity index (χ0n) is 9.14. The van der Waals surface area contributed by atoms with Crippen molar-refractivity contribution >= 4 is 12.0 Å². The van der Waals surface area contributed by atoms with E-state index in [0.29, 0.717) is 6.42 Å². The van der Waals surface area contributed by atoms with E-state index in [4.69, 9.17) is 0 Å². The Labute approximate surface area is 90.6 Å². The number of methoxy groups -OCH3 is 1. The Morgan fingerprint density at radius 2 is 2.07 bits per heavy atom. The van der Waals surface area contributed by atoms with Crippen LogP contribution in [0.4, 0.5) is 0 Å². The van der Waals surface area contributed by atoms with Gasteiger partial charge in [0.15, 0.2) is 0 Å². The third-order valence-corrected chi connectivity index (χ3v) is 2.13. The molecule has 0 amide bonds. The summed E-state index contributed by atoms with van der Waals surface area (Å²) in [6.07, 6.45) is 4.47. The van der Waals surface area contributed by atoms with Crippen molar-refractivity contribution in [1.29, 1.82) is 0 Å². The molecule has 0 aliphatic rings. The van der Waals surface area contributed by atoms with Gasteiger partial charge in [-0.1, -0.05) is 49.4 Å². The Hall–Kier alpha value is -1.57. The first-order chi connectivity index (χ1) is 7.22. The first-order valence-electron chi connectivity index (χ1n) is 5.02. The standard InChI is InChI=1S/C13H16O2/c1-11(10-13(14)15-2)8-9-12-6-4-3-5-7-12/h3-9,11H,10H2,1-2H3/b9-8+/t11-/m0/s1. The van der Waals surface area contributed by atoms with Gasteiger partial charge < -0.3 is 4.74 Å². The summed E-state index contributed by atoms with van der Waals surface area (Å²) < 4.78 is 4.60. The van der Waals surface area contributed by atoms with Gasteiger partial charge in [-0.3, -0.25) is 4.79 Å². The Balaban J connectivity index is 2.47. The highest BCUT2D eigenvalue weighted by Crippen LogP contribution is 2.09. The number of ether oxygens (including phenoxy) is 1. The van der Waals surface area contributed by atoms with Crippen molar-refractivity contribution in [3.05, 3.63) is 42.0 Å². The first-order valence-corrected chi connectivity index (χ1v) is 5.02. The summed E-state index contributed by atoms with van der Waals surface area (Å²) in [5.41, 5.74) is 1.15. The predicted molar refractivity (Wildman–Crippen MR) is 61.3 cm³/mol. The molecule has 0 aliphatic heterocycles. The second-order valence-electron chi connectivity index (χ2n) is 3.53. The van der Waals surface area contributed by atoms with Crippen LogP contribution < -0.4 is 0 Å². The molecule has 0 unspecified atom stereocenters. The number of benzene rings is 1. The lowest BCUT2D eigenvalue weighted by atomic mass is 10.1. The summed E-state index contributed by atoms with van der Waals surface area (Å²) in [5, 5.41) is 0. The molecule has 0 radical (unpaired) electrons. The smallest absolute Gasteiger partial charge is 0.306 e. The lowest BCUT2D eigenvalue weighted by Gasteiger charge is -2.03. The maximum absolute atomic E-state index is 11.0. The van der Waals surface area contributed by atoms with Gasteiger partial charge in [0, 0.05) is 0 Å². The number of carbonyl (C=O) groups excluding carboxylic acids is 1. The van der Waals surface area contributed by atoms with Gasteiger partial charge in [-0.05, 0) is 11.5 Å². The summed E-state index contributed by atoms with van der Waals surface area (Å²) in [6.45, 7) is 2.00. The average Bonchev–Trinajstić information content (AvgIpc) is 2.27. The van der Waals surface area contributed by atoms with E-state index in [-0.39, 0.29) is 11.9 Å². The van der Waals surface area contributed by atoms with E-state index in [1.165, 1.54) is 7.11 Å². The van der Waals surface area contributed by atoms with Gasteiger partial charge in [0.1, 0.15) is 0 Å². The fraction of sp³-hybridized carbons (Fsp3) is 0.308. The highest BCUT2D eigenvalue weighted by molar-refractivity contribution is 5.70. The zero-order chi connectivity index (χ0) is 11.1. The molecule has 15 heavy (non-hydrogen) atoms. The van der Waals surface area contributed by atoms with E-state index < -0.39 is 0 Å². The third kappa shape index (κ3) is 4.45. The van der Waals surface area contributed by atoms with Gasteiger partial charge in [-0.2, -0.15) is 0 Å². The lowest BCUT2D eigenvalue weighted by molar-refractivity contribution is -0.141. The summed E-state index contributed by atoms with van der Waals surface area (Å²) in [4.78, 5) is 11.0. The molecule has 2 nitrogen and oxygen atoms in total. The molecule has 0 aromatic heterocycles.